The van der Waals surface area contributed by atoms with Crippen molar-refractivity contribution in [2.75, 3.05) is 0 Å². The predicted molar refractivity (Wildman–Crippen MR) is 238 cm³/mol. The first-order chi connectivity index (χ1) is 28.8. The average Bonchev–Trinajstić information content (AvgIpc) is 3.85. The lowest BCUT2D eigenvalue weighted by Crippen LogP contribution is -2.06. The second-order valence-electron chi connectivity index (χ2n) is 14.7. The highest BCUT2D eigenvalue weighted by molar-refractivity contribution is 6.36. The van der Waals surface area contributed by atoms with Crippen LogP contribution in [0.3, 0.4) is 0 Å². The van der Waals surface area contributed by atoms with Gasteiger partial charge in [-0.25, -0.2) is 9.97 Å². The van der Waals surface area contributed by atoms with E-state index in [1.165, 1.54) is 26.9 Å². The largest absolute Gasteiger partial charge is 0.292 e. The Bertz CT molecular complexity index is 3480. The highest BCUT2D eigenvalue weighted by Gasteiger charge is 2.23. The maximum atomic E-state index is 5.36. The minimum atomic E-state index is 0.574. The quantitative estimate of drug-likeness (QED) is 0.165. The summed E-state index contributed by atoms with van der Waals surface area (Å²) in [6, 6.07) is 67.9. The molecule has 0 aliphatic heterocycles. The summed E-state index contributed by atoms with van der Waals surface area (Å²) in [6.45, 7) is 0. The van der Waals surface area contributed by atoms with E-state index in [1.807, 2.05) is 60.7 Å². The van der Waals surface area contributed by atoms with Crippen molar-refractivity contribution < 1.29 is 0 Å². The standard InChI is InChI=1S/C52H32N6/c1-5-17-33(18-6-1)49-54-50(34-19-7-2-8-20-34)56-52(55-49)58-44-28-16-15-27-40(44)48-45(58)30-29-39-41-31-43-46(32-42(41)37-25-13-14-26-38(37)47(39)48)57(36-23-11-4-12-24-36)51(53-43)35-21-9-3-10-22-35/h1-32H. The Morgan fingerprint density at radius 3 is 1.52 bits per heavy atom. The average molecular weight is 741 g/mol. The first-order valence-electron chi connectivity index (χ1n) is 19.5. The molecule has 12 aromatic rings. The lowest BCUT2D eigenvalue weighted by atomic mass is 9.91. The van der Waals surface area contributed by atoms with Gasteiger partial charge in [-0.3, -0.25) is 9.13 Å². The molecule has 12 rings (SSSR count). The van der Waals surface area contributed by atoms with Crippen molar-refractivity contribution in [1.29, 1.82) is 0 Å². The van der Waals surface area contributed by atoms with Gasteiger partial charge in [0.1, 0.15) is 5.82 Å². The van der Waals surface area contributed by atoms with Crippen molar-refractivity contribution in [3.63, 3.8) is 0 Å². The van der Waals surface area contributed by atoms with Crippen molar-refractivity contribution in [1.82, 2.24) is 29.1 Å². The van der Waals surface area contributed by atoms with Gasteiger partial charge in [-0.15, -0.1) is 0 Å². The SMILES string of the molecule is c1ccc(-c2nc(-c3ccccc3)nc(-n3c4ccccc4c4c5c6ccccc6c6cc7c(cc6c5ccc43)nc(-c3ccccc3)n7-c3ccccc3)n2)cc1. The minimum absolute atomic E-state index is 0.574. The zero-order valence-corrected chi connectivity index (χ0v) is 31.2. The summed E-state index contributed by atoms with van der Waals surface area (Å²) in [5, 5.41) is 9.40. The third kappa shape index (κ3) is 4.92. The van der Waals surface area contributed by atoms with Gasteiger partial charge in [0.25, 0.3) is 0 Å². The molecular formula is C52H32N6. The molecule has 6 nitrogen and oxygen atoms in total. The molecule has 0 bridgehead atoms. The molecule has 3 heterocycles. The zero-order valence-electron chi connectivity index (χ0n) is 31.2. The predicted octanol–water partition coefficient (Wildman–Crippen LogP) is 12.8. The maximum Gasteiger partial charge on any atom is 0.238 e. The number of hydrogen-bond acceptors (Lipinski definition) is 4. The summed E-state index contributed by atoms with van der Waals surface area (Å²) >= 11 is 0. The van der Waals surface area contributed by atoms with Gasteiger partial charge >= 0.3 is 0 Å². The molecule has 0 aliphatic rings. The van der Waals surface area contributed by atoms with Crippen LogP contribution in [0.2, 0.25) is 0 Å². The van der Waals surface area contributed by atoms with Crippen LogP contribution in [0.5, 0.6) is 0 Å². The first-order valence-corrected chi connectivity index (χ1v) is 19.5. The molecule has 0 fully saturated rings. The molecule has 0 atom stereocenters. The highest BCUT2D eigenvalue weighted by Crippen LogP contribution is 2.44. The third-order valence-electron chi connectivity index (χ3n) is 11.3. The van der Waals surface area contributed by atoms with Crippen LogP contribution in [0.25, 0.3) is 111 Å². The summed E-state index contributed by atoms with van der Waals surface area (Å²) in [7, 11) is 0. The lowest BCUT2D eigenvalue weighted by Gasteiger charge is -2.14. The zero-order chi connectivity index (χ0) is 38.2. The molecule has 0 radical (unpaired) electrons. The van der Waals surface area contributed by atoms with Crippen LogP contribution < -0.4 is 0 Å². The van der Waals surface area contributed by atoms with Crippen LogP contribution in [-0.2, 0) is 0 Å². The summed E-state index contributed by atoms with van der Waals surface area (Å²) < 4.78 is 4.50. The summed E-state index contributed by atoms with van der Waals surface area (Å²) in [5.74, 6) is 2.74. The van der Waals surface area contributed by atoms with E-state index >= 15 is 0 Å². The fourth-order valence-electron chi connectivity index (χ4n) is 8.80. The van der Waals surface area contributed by atoms with Crippen LogP contribution in [0.1, 0.15) is 0 Å². The number of hydrogen-bond donors (Lipinski definition) is 0. The maximum absolute atomic E-state index is 5.36. The molecule has 0 saturated carbocycles. The Morgan fingerprint density at radius 2 is 0.845 bits per heavy atom. The van der Waals surface area contributed by atoms with Crippen LogP contribution >= 0.6 is 0 Å². The van der Waals surface area contributed by atoms with E-state index in [4.69, 9.17) is 19.9 Å². The molecular weight excluding hydrogens is 709 g/mol. The van der Waals surface area contributed by atoms with E-state index in [-0.39, 0.29) is 0 Å². The van der Waals surface area contributed by atoms with E-state index in [9.17, 15) is 0 Å². The fraction of sp³-hybridized carbons (Fsp3) is 0. The first kappa shape index (κ1) is 32.3. The van der Waals surface area contributed by atoms with Crippen LogP contribution in [-0.4, -0.2) is 29.1 Å². The lowest BCUT2D eigenvalue weighted by molar-refractivity contribution is 0.953. The molecule has 0 unspecified atom stereocenters. The molecule has 0 N–H and O–H groups in total. The van der Waals surface area contributed by atoms with Crippen molar-refractivity contribution in [3.8, 4) is 45.8 Å². The van der Waals surface area contributed by atoms with Gasteiger partial charge < -0.3 is 0 Å². The van der Waals surface area contributed by atoms with Crippen molar-refractivity contribution in [2.24, 2.45) is 0 Å². The molecule has 6 heteroatoms. The van der Waals surface area contributed by atoms with Crippen molar-refractivity contribution in [2.45, 2.75) is 0 Å². The summed E-state index contributed by atoms with van der Waals surface area (Å²) in [5.41, 5.74) is 8.09. The van der Waals surface area contributed by atoms with E-state index in [2.05, 4.69) is 143 Å². The van der Waals surface area contributed by atoms with Crippen molar-refractivity contribution in [3.05, 3.63) is 194 Å². The number of rotatable bonds is 5. The second-order valence-corrected chi connectivity index (χ2v) is 14.7. The van der Waals surface area contributed by atoms with Gasteiger partial charge in [0, 0.05) is 38.5 Å². The van der Waals surface area contributed by atoms with E-state index in [0.29, 0.717) is 17.6 Å². The molecule has 0 amide bonds. The van der Waals surface area contributed by atoms with Crippen LogP contribution in [0.15, 0.2) is 194 Å². The molecule has 3 aromatic heterocycles. The molecule has 0 aliphatic carbocycles. The number of fused-ring (bicyclic) bond motifs is 11. The monoisotopic (exact) mass is 740 g/mol. The van der Waals surface area contributed by atoms with Gasteiger partial charge in [0.15, 0.2) is 11.6 Å². The number of imidazole rings is 1. The number of aromatic nitrogens is 6. The number of benzene rings is 9. The van der Waals surface area contributed by atoms with Gasteiger partial charge in [0.05, 0.1) is 22.1 Å². The van der Waals surface area contributed by atoms with Gasteiger partial charge in [0.2, 0.25) is 5.95 Å². The fourth-order valence-corrected chi connectivity index (χ4v) is 8.80. The number of nitrogens with zero attached hydrogens (tertiary/aromatic N) is 6. The van der Waals surface area contributed by atoms with Gasteiger partial charge in [-0.2, -0.15) is 9.97 Å². The van der Waals surface area contributed by atoms with E-state index in [1.54, 1.807) is 0 Å². The van der Waals surface area contributed by atoms with Crippen molar-refractivity contribution >= 4 is 65.2 Å². The molecule has 270 valence electrons. The Hall–Kier alpha value is -7.96. The summed E-state index contributed by atoms with van der Waals surface area (Å²) in [4.78, 5) is 20.7. The van der Waals surface area contributed by atoms with Gasteiger partial charge in [-0.05, 0) is 63.3 Å². The topological polar surface area (TPSA) is 61.4 Å². The molecule has 9 aromatic carbocycles. The molecule has 0 saturated heterocycles. The Kier molecular flexibility index (Phi) is 7.13. The molecule has 0 spiro atoms. The third-order valence-corrected chi connectivity index (χ3v) is 11.3. The van der Waals surface area contributed by atoms with Crippen LogP contribution in [0.4, 0.5) is 0 Å². The Morgan fingerprint density at radius 1 is 0.310 bits per heavy atom. The minimum Gasteiger partial charge on any atom is -0.292 e. The Balaban J connectivity index is 1.19. The van der Waals surface area contributed by atoms with E-state index in [0.717, 1.165) is 66.4 Å². The smallest absolute Gasteiger partial charge is 0.238 e. The summed E-state index contributed by atoms with van der Waals surface area (Å²) in [6.07, 6.45) is 0. The Labute approximate surface area is 333 Å². The number of para-hydroxylation sites is 2. The normalized spacial score (nSPS) is 11.8. The highest BCUT2D eigenvalue weighted by atomic mass is 15.2. The van der Waals surface area contributed by atoms with Gasteiger partial charge in [-0.1, -0.05) is 158 Å². The molecule has 58 heavy (non-hydrogen) atoms. The van der Waals surface area contributed by atoms with E-state index < -0.39 is 0 Å². The van der Waals surface area contributed by atoms with Crippen LogP contribution in [0, 0.1) is 0 Å². The second kappa shape index (κ2) is 12.8.